The lowest BCUT2D eigenvalue weighted by molar-refractivity contribution is 0.0252. The van der Waals surface area contributed by atoms with Crippen LogP contribution in [-0.4, -0.2) is 37.5 Å². The van der Waals surface area contributed by atoms with Gasteiger partial charge < -0.3 is 15.2 Å². The highest BCUT2D eigenvalue weighted by atomic mass is 16.5. The highest BCUT2D eigenvalue weighted by Crippen LogP contribution is 2.17. The summed E-state index contributed by atoms with van der Waals surface area (Å²) >= 11 is 0. The van der Waals surface area contributed by atoms with Gasteiger partial charge in [-0.3, -0.25) is 0 Å². The molecule has 0 aliphatic rings. The van der Waals surface area contributed by atoms with Crippen molar-refractivity contribution in [3.8, 4) is 0 Å². The van der Waals surface area contributed by atoms with Gasteiger partial charge in [0.25, 0.3) is 0 Å². The smallest absolute Gasteiger partial charge is 0.0897 e. The molecular formula is C13H29NO2. The normalized spacial score (nSPS) is 14.4. The number of rotatable bonds is 9. The number of hydrogen-bond acceptors (Lipinski definition) is 3. The topological polar surface area (TPSA) is 41.5 Å². The molecule has 3 heteroatoms. The molecule has 0 aromatic carbocycles. The molecule has 3 nitrogen and oxygen atoms in total. The molecule has 0 radical (unpaired) electrons. The van der Waals surface area contributed by atoms with Crippen LogP contribution in [0.4, 0.5) is 0 Å². The zero-order valence-corrected chi connectivity index (χ0v) is 11.5. The zero-order valence-electron chi connectivity index (χ0n) is 11.5. The van der Waals surface area contributed by atoms with E-state index < -0.39 is 6.10 Å². The molecule has 1 unspecified atom stereocenters. The molecule has 0 aromatic rings. The predicted octanol–water partition coefficient (Wildman–Crippen LogP) is 2.05. The maximum Gasteiger partial charge on any atom is 0.0897 e. The van der Waals surface area contributed by atoms with Crippen molar-refractivity contribution in [3.05, 3.63) is 0 Å². The van der Waals surface area contributed by atoms with Gasteiger partial charge >= 0.3 is 0 Å². The average molecular weight is 231 g/mol. The summed E-state index contributed by atoms with van der Waals surface area (Å²) < 4.78 is 5.38. The van der Waals surface area contributed by atoms with E-state index in [9.17, 15) is 5.11 Å². The van der Waals surface area contributed by atoms with Gasteiger partial charge in [-0.25, -0.2) is 0 Å². The SMILES string of the molecule is CCC(C)(C)CNCC(O)COCC(C)C. The van der Waals surface area contributed by atoms with Gasteiger partial charge in [0.1, 0.15) is 0 Å². The molecule has 2 N–H and O–H groups in total. The summed E-state index contributed by atoms with van der Waals surface area (Å²) in [6.07, 6.45) is 0.742. The van der Waals surface area contributed by atoms with E-state index in [-0.39, 0.29) is 0 Å². The van der Waals surface area contributed by atoms with E-state index in [0.717, 1.165) is 19.6 Å². The molecule has 0 rings (SSSR count). The van der Waals surface area contributed by atoms with E-state index in [1.807, 2.05) is 0 Å². The molecule has 16 heavy (non-hydrogen) atoms. The van der Waals surface area contributed by atoms with E-state index in [2.05, 4.69) is 39.9 Å². The second-order valence-electron chi connectivity index (χ2n) is 5.73. The first-order chi connectivity index (χ1) is 7.37. The van der Waals surface area contributed by atoms with Crippen molar-refractivity contribution in [2.75, 3.05) is 26.3 Å². The third-order valence-electron chi connectivity index (χ3n) is 2.70. The molecule has 0 aliphatic heterocycles. The van der Waals surface area contributed by atoms with E-state index in [0.29, 0.717) is 24.5 Å². The summed E-state index contributed by atoms with van der Waals surface area (Å²) in [5, 5.41) is 12.9. The summed E-state index contributed by atoms with van der Waals surface area (Å²) in [5.41, 5.74) is 0.304. The summed E-state index contributed by atoms with van der Waals surface area (Å²) in [7, 11) is 0. The molecule has 98 valence electrons. The predicted molar refractivity (Wildman–Crippen MR) is 68.6 cm³/mol. The lowest BCUT2D eigenvalue weighted by Gasteiger charge is -2.24. The minimum Gasteiger partial charge on any atom is -0.389 e. The van der Waals surface area contributed by atoms with Crippen molar-refractivity contribution in [2.24, 2.45) is 11.3 Å². The molecule has 1 atom stereocenters. The van der Waals surface area contributed by atoms with Gasteiger partial charge in [0.2, 0.25) is 0 Å². The van der Waals surface area contributed by atoms with E-state index >= 15 is 0 Å². The molecule has 0 amide bonds. The van der Waals surface area contributed by atoms with Crippen LogP contribution < -0.4 is 5.32 Å². The maximum atomic E-state index is 9.64. The molecule has 0 spiro atoms. The van der Waals surface area contributed by atoms with Gasteiger partial charge in [0.15, 0.2) is 0 Å². The van der Waals surface area contributed by atoms with Crippen molar-refractivity contribution in [3.63, 3.8) is 0 Å². The van der Waals surface area contributed by atoms with Crippen molar-refractivity contribution in [2.45, 2.75) is 47.1 Å². The third-order valence-corrected chi connectivity index (χ3v) is 2.70. The maximum absolute atomic E-state index is 9.64. The molecule has 0 saturated carbocycles. The lowest BCUT2D eigenvalue weighted by atomic mass is 9.90. The molecule has 0 fully saturated rings. The zero-order chi connectivity index (χ0) is 12.6. The van der Waals surface area contributed by atoms with E-state index in [1.165, 1.54) is 0 Å². The summed E-state index contributed by atoms with van der Waals surface area (Å²) in [4.78, 5) is 0. The van der Waals surface area contributed by atoms with Gasteiger partial charge in [0.05, 0.1) is 12.7 Å². The summed E-state index contributed by atoms with van der Waals surface area (Å²) in [5.74, 6) is 0.527. The number of aliphatic hydroxyl groups excluding tert-OH is 1. The minimum absolute atomic E-state index is 0.304. The number of nitrogens with one attached hydrogen (secondary N) is 1. The van der Waals surface area contributed by atoms with E-state index in [1.54, 1.807) is 0 Å². The van der Waals surface area contributed by atoms with Crippen LogP contribution in [0.15, 0.2) is 0 Å². The van der Waals surface area contributed by atoms with Crippen molar-refractivity contribution in [1.29, 1.82) is 0 Å². The molecule has 0 heterocycles. The van der Waals surface area contributed by atoms with Crippen LogP contribution in [-0.2, 0) is 4.74 Å². The van der Waals surface area contributed by atoms with Gasteiger partial charge in [-0.2, -0.15) is 0 Å². The Morgan fingerprint density at radius 2 is 1.88 bits per heavy atom. The summed E-state index contributed by atoms with van der Waals surface area (Å²) in [6, 6.07) is 0. The largest absolute Gasteiger partial charge is 0.389 e. The van der Waals surface area contributed by atoms with Crippen LogP contribution in [0, 0.1) is 11.3 Å². The second kappa shape index (κ2) is 8.04. The fraction of sp³-hybridized carbons (Fsp3) is 1.00. The summed E-state index contributed by atoms with van der Waals surface area (Å²) in [6.45, 7) is 13.5. The Morgan fingerprint density at radius 3 is 2.38 bits per heavy atom. The molecule has 0 bridgehead atoms. The first-order valence-electron chi connectivity index (χ1n) is 6.34. The Morgan fingerprint density at radius 1 is 1.25 bits per heavy atom. The van der Waals surface area contributed by atoms with Gasteiger partial charge in [-0.1, -0.05) is 34.6 Å². The number of hydrogen-bond donors (Lipinski definition) is 2. The minimum atomic E-state index is -0.397. The molecule has 0 aliphatic carbocycles. The Hall–Kier alpha value is -0.120. The fourth-order valence-corrected chi connectivity index (χ4v) is 1.20. The number of ether oxygens (including phenoxy) is 1. The second-order valence-corrected chi connectivity index (χ2v) is 5.73. The first-order valence-corrected chi connectivity index (χ1v) is 6.34. The van der Waals surface area contributed by atoms with Crippen molar-refractivity contribution in [1.82, 2.24) is 5.32 Å². The Bertz CT molecular complexity index is 169. The number of aliphatic hydroxyl groups is 1. The van der Waals surface area contributed by atoms with Crippen LogP contribution in [0.3, 0.4) is 0 Å². The van der Waals surface area contributed by atoms with Crippen LogP contribution in [0.1, 0.15) is 41.0 Å². The molecule has 0 saturated heterocycles. The monoisotopic (exact) mass is 231 g/mol. The average Bonchev–Trinajstić information content (AvgIpc) is 2.17. The fourth-order valence-electron chi connectivity index (χ4n) is 1.20. The highest BCUT2D eigenvalue weighted by Gasteiger charge is 2.14. The van der Waals surface area contributed by atoms with E-state index in [4.69, 9.17) is 4.74 Å². The van der Waals surface area contributed by atoms with Crippen molar-refractivity contribution >= 4 is 0 Å². The van der Waals surface area contributed by atoms with Crippen LogP contribution in [0.2, 0.25) is 0 Å². The highest BCUT2D eigenvalue weighted by molar-refractivity contribution is 4.70. The quantitative estimate of drug-likeness (QED) is 0.638. The third kappa shape index (κ3) is 9.13. The molecular weight excluding hydrogens is 202 g/mol. The molecule has 0 aromatic heterocycles. The van der Waals surface area contributed by atoms with Gasteiger partial charge in [0, 0.05) is 19.7 Å². The van der Waals surface area contributed by atoms with Crippen LogP contribution >= 0.6 is 0 Å². The standard InChI is InChI=1S/C13H29NO2/c1-6-13(4,5)10-14-7-12(15)9-16-8-11(2)3/h11-12,14-15H,6-10H2,1-5H3. The van der Waals surface area contributed by atoms with Crippen LogP contribution in [0.5, 0.6) is 0 Å². The first kappa shape index (κ1) is 15.9. The van der Waals surface area contributed by atoms with Gasteiger partial charge in [-0.05, 0) is 17.8 Å². The lowest BCUT2D eigenvalue weighted by Crippen LogP contribution is -2.36. The van der Waals surface area contributed by atoms with Crippen molar-refractivity contribution < 1.29 is 9.84 Å². The Labute approximate surface area is 101 Å². The Kier molecular flexibility index (Phi) is 7.98. The van der Waals surface area contributed by atoms with Gasteiger partial charge in [-0.15, -0.1) is 0 Å². The van der Waals surface area contributed by atoms with Crippen LogP contribution in [0.25, 0.3) is 0 Å². The Balaban J connectivity index is 3.47.